The van der Waals surface area contributed by atoms with Crippen LogP contribution >= 0.6 is 0 Å². The first kappa shape index (κ1) is 9.81. The third-order valence-corrected chi connectivity index (χ3v) is 1.69. The lowest BCUT2D eigenvalue weighted by molar-refractivity contribution is 0.771. The minimum absolute atomic E-state index is 0.871. The Bertz CT molecular complexity index is 231. The summed E-state index contributed by atoms with van der Waals surface area (Å²) in [5.74, 6) is 0. The van der Waals surface area contributed by atoms with Gasteiger partial charge in [0, 0.05) is 25.3 Å². The lowest BCUT2D eigenvalue weighted by Crippen LogP contribution is -2.21. The molecule has 2 heteroatoms. The maximum Gasteiger partial charge on any atom is 0.0340 e. The second kappa shape index (κ2) is 6.26. The van der Waals surface area contributed by atoms with Crippen molar-refractivity contribution in [2.24, 2.45) is 0 Å². The molecule has 1 aromatic rings. The van der Waals surface area contributed by atoms with Crippen molar-refractivity contribution in [3.63, 3.8) is 0 Å². The van der Waals surface area contributed by atoms with Crippen molar-refractivity contribution in [1.29, 1.82) is 0 Å². The third kappa shape index (κ3) is 4.33. The maximum absolute atomic E-state index is 3.63. The van der Waals surface area contributed by atoms with Crippen LogP contribution in [0, 0.1) is 0 Å². The number of benzene rings is 1. The summed E-state index contributed by atoms with van der Waals surface area (Å²) in [6.45, 7) is 6.41. The zero-order chi connectivity index (χ0) is 9.36. The predicted molar refractivity (Wildman–Crippen MR) is 58.0 cm³/mol. The van der Waals surface area contributed by atoms with Crippen LogP contribution in [-0.4, -0.2) is 19.6 Å². The van der Waals surface area contributed by atoms with E-state index in [9.17, 15) is 0 Å². The highest BCUT2D eigenvalue weighted by atomic mass is 14.9. The molecule has 0 aliphatic rings. The van der Waals surface area contributed by atoms with Crippen LogP contribution in [0.2, 0.25) is 0 Å². The van der Waals surface area contributed by atoms with Crippen LogP contribution in [0.15, 0.2) is 43.0 Å². The lowest BCUT2D eigenvalue weighted by atomic mass is 10.3. The van der Waals surface area contributed by atoms with Crippen molar-refractivity contribution in [1.82, 2.24) is 5.32 Å². The van der Waals surface area contributed by atoms with E-state index >= 15 is 0 Å². The molecule has 13 heavy (non-hydrogen) atoms. The molecule has 0 aliphatic heterocycles. The van der Waals surface area contributed by atoms with Crippen molar-refractivity contribution >= 4 is 5.69 Å². The average Bonchev–Trinajstić information content (AvgIpc) is 2.19. The van der Waals surface area contributed by atoms with Gasteiger partial charge >= 0.3 is 0 Å². The summed E-state index contributed by atoms with van der Waals surface area (Å²) in [6.07, 6.45) is 1.86. The molecule has 2 nitrogen and oxygen atoms in total. The number of rotatable bonds is 6. The Balaban J connectivity index is 2.10. The molecule has 0 amide bonds. The van der Waals surface area contributed by atoms with E-state index in [1.807, 2.05) is 24.3 Å². The van der Waals surface area contributed by atoms with Crippen molar-refractivity contribution in [3.05, 3.63) is 43.0 Å². The Kier molecular flexibility index (Phi) is 4.72. The molecule has 0 aliphatic carbocycles. The SMILES string of the molecule is C=CCNCCNc1ccccc1. The van der Waals surface area contributed by atoms with Gasteiger partial charge in [-0.2, -0.15) is 0 Å². The predicted octanol–water partition coefficient (Wildman–Crippen LogP) is 1.87. The molecule has 0 heterocycles. The molecule has 0 fully saturated rings. The summed E-state index contributed by atoms with van der Waals surface area (Å²) < 4.78 is 0. The molecule has 0 atom stereocenters. The Morgan fingerprint density at radius 2 is 1.92 bits per heavy atom. The van der Waals surface area contributed by atoms with Crippen LogP contribution in [0.25, 0.3) is 0 Å². The summed E-state index contributed by atoms with van der Waals surface area (Å²) in [6, 6.07) is 10.2. The highest BCUT2D eigenvalue weighted by molar-refractivity contribution is 5.42. The Morgan fingerprint density at radius 3 is 2.62 bits per heavy atom. The fourth-order valence-electron chi connectivity index (χ4n) is 1.06. The number of para-hydroxylation sites is 1. The normalized spacial score (nSPS) is 9.54. The average molecular weight is 176 g/mol. The van der Waals surface area contributed by atoms with Crippen molar-refractivity contribution in [2.75, 3.05) is 25.0 Å². The molecule has 0 radical (unpaired) electrons. The van der Waals surface area contributed by atoms with E-state index in [2.05, 4.69) is 29.3 Å². The standard InChI is InChI=1S/C11H16N2/c1-2-8-12-9-10-13-11-6-4-3-5-7-11/h2-7,12-13H,1,8-10H2. The van der Waals surface area contributed by atoms with E-state index < -0.39 is 0 Å². The van der Waals surface area contributed by atoms with Gasteiger partial charge in [0.2, 0.25) is 0 Å². The molecule has 2 N–H and O–H groups in total. The quantitative estimate of drug-likeness (QED) is 0.511. The van der Waals surface area contributed by atoms with Gasteiger partial charge < -0.3 is 10.6 Å². The number of hydrogen-bond acceptors (Lipinski definition) is 2. The van der Waals surface area contributed by atoms with Crippen LogP contribution in [0.1, 0.15) is 0 Å². The van der Waals surface area contributed by atoms with Crippen LogP contribution in [0.5, 0.6) is 0 Å². The van der Waals surface area contributed by atoms with Gasteiger partial charge in [-0.15, -0.1) is 6.58 Å². The molecular weight excluding hydrogens is 160 g/mol. The van der Waals surface area contributed by atoms with Gasteiger partial charge in [0.15, 0.2) is 0 Å². The second-order valence-electron chi connectivity index (χ2n) is 2.79. The summed E-state index contributed by atoms with van der Waals surface area (Å²) in [4.78, 5) is 0. The summed E-state index contributed by atoms with van der Waals surface area (Å²) >= 11 is 0. The lowest BCUT2D eigenvalue weighted by Gasteiger charge is -2.05. The molecular formula is C11H16N2. The van der Waals surface area contributed by atoms with Crippen LogP contribution < -0.4 is 10.6 Å². The molecule has 0 spiro atoms. The molecule has 0 bridgehead atoms. The molecule has 0 unspecified atom stereocenters. The fraction of sp³-hybridized carbons (Fsp3) is 0.273. The number of nitrogens with one attached hydrogen (secondary N) is 2. The van der Waals surface area contributed by atoms with Crippen molar-refractivity contribution < 1.29 is 0 Å². The first-order valence-electron chi connectivity index (χ1n) is 4.54. The van der Waals surface area contributed by atoms with E-state index in [4.69, 9.17) is 0 Å². The van der Waals surface area contributed by atoms with Crippen LogP contribution in [0.3, 0.4) is 0 Å². The van der Waals surface area contributed by atoms with Gasteiger partial charge in [-0.1, -0.05) is 24.3 Å². The zero-order valence-corrected chi connectivity index (χ0v) is 7.79. The van der Waals surface area contributed by atoms with Gasteiger partial charge in [-0.25, -0.2) is 0 Å². The second-order valence-corrected chi connectivity index (χ2v) is 2.79. The zero-order valence-electron chi connectivity index (χ0n) is 7.79. The Hall–Kier alpha value is -1.28. The van der Waals surface area contributed by atoms with Gasteiger partial charge in [0.25, 0.3) is 0 Å². The first-order chi connectivity index (χ1) is 6.43. The maximum atomic E-state index is 3.63. The van der Waals surface area contributed by atoms with E-state index in [-0.39, 0.29) is 0 Å². The summed E-state index contributed by atoms with van der Waals surface area (Å²) in [5.41, 5.74) is 1.17. The van der Waals surface area contributed by atoms with E-state index in [1.165, 1.54) is 5.69 Å². The first-order valence-corrected chi connectivity index (χ1v) is 4.54. The van der Waals surface area contributed by atoms with Crippen molar-refractivity contribution in [3.8, 4) is 0 Å². The molecule has 1 aromatic carbocycles. The summed E-state index contributed by atoms with van der Waals surface area (Å²) in [5, 5.41) is 6.53. The van der Waals surface area contributed by atoms with E-state index in [1.54, 1.807) is 0 Å². The molecule has 0 saturated carbocycles. The number of hydrogen-bond donors (Lipinski definition) is 2. The highest BCUT2D eigenvalue weighted by Crippen LogP contribution is 2.03. The molecule has 1 rings (SSSR count). The number of anilines is 1. The van der Waals surface area contributed by atoms with Gasteiger partial charge in [0.1, 0.15) is 0 Å². The minimum Gasteiger partial charge on any atom is -0.384 e. The van der Waals surface area contributed by atoms with Gasteiger partial charge in [0.05, 0.1) is 0 Å². The highest BCUT2D eigenvalue weighted by Gasteiger charge is 1.87. The Morgan fingerprint density at radius 1 is 1.15 bits per heavy atom. The van der Waals surface area contributed by atoms with Crippen LogP contribution in [-0.2, 0) is 0 Å². The van der Waals surface area contributed by atoms with E-state index in [0.29, 0.717) is 0 Å². The van der Waals surface area contributed by atoms with Crippen LogP contribution in [0.4, 0.5) is 5.69 Å². The molecule has 0 saturated heterocycles. The summed E-state index contributed by atoms with van der Waals surface area (Å²) in [7, 11) is 0. The smallest absolute Gasteiger partial charge is 0.0340 e. The Labute approximate surface area is 79.7 Å². The largest absolute Gasteiger partial charge is 0.384 e. The molecule has 70 valence electrons. The molecule has 0 aromatic heterocycles. The van der Waals surface area contributed by atoms with Gasteiger partial charge in [-0.3, -0.25) is 0 Å². The van der Waals surface area contributed by atoms with E-state index in [0.717, 1.165) is 19.6 Å². The third-order valence-electron chi connectivity index (χ3n) is 1.69. The topological polar surface area (TPSA) is 24.1 Å². The van der Waals surface area contributed by atoms with Gasteiger partial charge in [-0.05, 0) is 12.1 Å². The minimum atomic E-state index is 0.871. The fourth-order valence-corrected chi connectivity index (χ4v) is 1.06. The monoisotopic (exact) mass is 176 g/mol. The van der Waals surface area contributed by atoms with Crippen molar-refractivity contribution in [2.45, 2.75) is 0 Å².